The number of aromatic nitrogens is 2. The van der Waals surface area contributed by atoms with Crippen LogP contribution < -0.4 is 11.5 Å². The number of nitrogens with zero attached hydrogens (tertiary/aromatic N) is 2. The Labute approximate surface area is 174 Å². The van der Waals surface area contributed by atoms with E-state index in [0.717, 1.165) is 42.0 Å². The standard InChI is InChI=1S/C23H24N4O3/c24-12-14-3-5-16(6-4-14)21(28)20(25)18-2-1-11-27-13-19(26-22(18)27)15-7-9-17(10-8-15)23(29)30/h3-10,13,18,20H,1-2,11-12,24-25H2,(H,29,30). The average molecular weight is 404 g/mol. The number of aryl methyl sites for hydroxylation is 1. The van der Waals surface area contributed by atoms with Crippen molar-refractivity contribution in [3.05, 3.63) is 77.2 Å². The summed E-state index contributed by atoms with van der Waals surface area (Å²) < 4.78 is 2.05. The highest BCUT2D eigenvalue weighted by atomic mass is 16.4. The van der Waals surface area contributed by atoms with E-state index in [0.29, 0.717) is 12.1 Å². The molecule has 0 fully saturated rings. The van der Waals surface area contributed by atoms with Crippen LogP contribution in [0, 0.1) is 0 Å². The number of carboxylic acid groups (broad SMARTS) is 1. The van der Waals surface area contributed by atoms with Gasteiger partial charge in [0.1, 0.15) is 5.82 Å². The zero-order valence-electron chi connectivity index (χ0n) is 16.5. The molecule has 2 unspecified atom stereocenters. The van der Waals surface area contributed by atoms with Crippen LogP contribution in [0.4, 0.5) is 0 Å². The van der Waals surface area contributed by atoms with Crippen molar-refractivity contribution >= 4 is 11.8 Å². The molecule has 5 N–H and O–H groups in total. The van der Waals surface area contributed by atoms with Crippen molar-refractivity contribution in [2.75, 3.05) is 0 Å². The van der Waals surface area contributed by atoms with Crippen molar-refractivity contribution in [2.45, 2.75) is 37.9 Å². The minimum absolute atomic E-state index is 0.104. The topological polar surface area (TPSA) is 124 Å². The number of aromatic carboxylic acids is 1. The summed E-state index contributed by atoms with van der Waals surface area (Å²) in [4.78, 5) is 28.8. The smallest absolute Gasteiger partial charge is 0.335 e. The predicted molar refractivity (Wildman–Crippen MR) is 113 cm³/mol. The Morgan fingerprint density at radius 2 is 1.77 bits per heavy atom. The van der Waals surface area contributed by atoms with Gasteiger partial charge in [0.25, 0.3) is 0 Å². The zero-order chi connectivity index (χ0) is 21.3. The first-order valence-corrected chi connectivity index (χ1v) is 9.97. The molecule has 4 rings (SSSR count). The van der Waals surface area contributed by atoms with E-state index in [1.165, 1.54) is 0 Å². The average Bonchev–Trinajstić information content (AvgIpc) is 3.22. The first-order chi connectivity index (χ1) is 14.5. The number of rotatable bonds is 6. The number of carbonyl (C=O) groups is 2. The molecule has 0 amide bonds. The van der Waals surface area contributed by atoms with Gasteiger partial charge in [-0.1, -0.05) is 36.4 Å². The van der Waals surface area contributed by atoms with Gasteiger partial charge in [0.05, 0.1) is 17.3 Å². The lowest BCUT2D eigenvalue weighted by atomic mass is 9.87. The summed E-state index contributed by atoms with van der Waals surface area (Å²) in [6.45, 7) is 1.24. The van der Waals surface area contributed by atoms with E-state index in [9.17, 15) is 9.59 Å². The number of hydrogen-bond acceptors (Lipinski definition) is 5. The molecule has 0 aliphatic carbocycles. The Kier molecular flexibility index (Phi) is 5.48. The highest BCUT2D eigenvalue weighted by molar-refractivity contribution is 6.00. The normalized spacial score (nSPS) is 16.7. The molecule has 0 spiro atoms. The van der Waals surface area contributed by atoms with Crippen molar-refractivity contribution in [1.82, 2.24) is 9.55 Å². The summed E-state index contributed by atoms with van der Waals surface area (Å²) in [5, 5.41) is 9.08. The number of fused-ring (bicyclic) bond motifs is 1. The molecule has 0 radical (unpaired) electrons. The van der Waals surface area contributed by atoms with Gasteiger partial charge in [-0.3, -0.25) is 4.79 Å². The molecule has 0 saturated heterocycles. The van der Waals surface area contributed by atoms with E-state index in [-0.39, 0.29) is 17.3 Å². The monoisotopic (exact) mass is 404 g/mol. The van der Waals surface area contributed by atoms with Crippen molar-refractivity contribution in [1.29, 1.82) is 0 Å². The summed E-state index contributed by atoms with van der Waals surface area (Å²) in [6, 6.07) is 13.2. The van der Waals surface area contributed by atoms with E-state index in [2.05, 4.69) is 4.57 Å². The lowest BCUT2D eigenvalue weighted by Crippen LogP contribution is -2.39. The van der Waals surface area contributed by atoms with E-state index in [1.807, 2.05) is 18.3 Å². The molecule has 0 saturated carbocycles. The molecule has 7 nitrogen and oxygen atoms in total. The summed E-state index contributed by atoms with van der Waals surface area (Å²) in [6.07, 6.45) is 3.66. The maximum Gasteiger partial charge on any atom is 0.335 e. The third-order valence-electron chi connectivity index (χ3n) is 5.69. The summed E-state index contributed by atoms with van der Waals surface area (Å²) >= 11 is 0. The minimum atomic E-state index is -0.963. The number of benzene rings is 2. The van der Waals surface area contributed by atoms with Gasteiger partial charge >= 0.3 is 5.97 Å². The SMILES string of the molecule is NCc1ccc(C(=O)C(N)C2CCCn3cc(-c4ccc(C(=O)O)cc4)nc32)cc1. The molecule has 3 aromatic rings. The highest BCUT2D eigenvalue weighted by Gasteiger charge is 2.33. The van der Waals surface area contributed by atoms with Gasteiger partial charge in [-0.05, 0) is 30.5 Å². The van der Waals surface area contributed by atoms with Crippen LogP contribution in [0.1, 0.15) is 50.9 Å². The lowest BCUT2D eigenvalue weighted by molar-refractivity contribution is 0.0696. The van der Waals surface area contributed by atoms with Gasteiger partial charge in [0.2, 0.25) is 0 Å². The number of ketones is 1. The third-order valence-corrected chi connectivity index (χ3v) is 5.69. The van der Waals surface area contributed by atoms with Crippen LogP contribution in [-0.2, 0) is 13.1 Å². The summed E-state index contributed by atoms with van der Waals surface area (Å²) in [7, 11) is 0. The van der Waals surface area contributed by atoms with E-state index in [4.69, 9.17) is 21.6 Å². The van der Waals surface area contributed by atoms with Crippen molar-refractivity contribution in [3.8, 4) is 11.3 Å². The molecule has 2 atom stereocenters. The van der Waals surface area contributed by atoms with E-state index >= 15 is 0 Å². The zero-order valence-corrected chi connectivity index (χ0v) is 16.5. The van der Waals surface area contributed by atoms with Gasteiger partial charge in [-0.2, -0.15) is 0 Å². The quantitative estimate of drug-likeness (QED) is 0.543. The molecule has 2 heterocycles. The minimum Gasteiger partial charge on any atom is -0.478 e. The fraction of sp³-hybridized carbons (Fsp3) is 0.261. The first-order valence-electron chi connectivity index (χ1n) is 9.97. The van der Waals surface area contributed by atoms with Crippen LogP contribution >= 0.6 is 0 Å². The Morgan fingerprint density at radius 3 is 2.40 bits per heavy atom. The van der Waals surface area contributed by atoms with Gasteiger partial charge in [0.15, 0.2) is 5.78 Å². The molecule has 30 heavy (non-hydrogen) atoms. The van der Waals surface area contributed by atoms with Gasteiger partial charge in [-0.25, -0.2) is 9.78 Å². The maximum absolute atomic E-state index is 13.0. The van der Waals surface area contributed by atoms with Crippen LogP contribution in [0.25, 0.3) is 11.3 Å². The van der Waals surface area contributed by atoms with Crippen molar-refractivity contribution < 1.29 is 14.7 Å². The van der Waals surface area contributed by atoms with Crippen molar-refractivity contribution in [3.63, 3.8) is 0 Å². The molecule has 1 aromatic heterocycles. The second-order valence-electron chi connectivity index (χ2n) is 7.60. The Bertz CT molecular complexity index is 1070. The largest absolute Gasteiger partial charge is 0.478 e. The second-order valence-corrected chi connectivity index (χ2v) is 7.60. The number of carboxylic acids is 1. The molecule has 7 heteroatoms. The number of imidazole rings is 1. The van der Waals surface area contributed by atoms with E-state index < -0.39 is 12.0 Å². The molecular weight excluding hydrogens is 380 g/mol. The molecule has 1 aliphatic heterocycles. The van der Waals surface area contributed by atoms with Crippen LogP contribution in [0.2, 0.25) is 0 Å². The second kappa shape index (κ2) is 8.22. The van der Waals surface area contributed by atoms with Gasteiger partial charge in [-0.15, -0.1) is 0 Å². The number of nitrogens with two attached hydrogens (primary N) is 2. The summed E-state index contributed by atoms with van der Waals surface area (Å²) in [5.74, 6) is -0.437. The Hall–Kier alpha value is -3.29. The fourth-order valence-corrected chi connectivity index (χ4v) is 3.96. The fourth-order valence-electron chi connectivity index (χ4n) is 3.96. The van der Waals surface area contributed by atoms with E-state index in [1.54, 1.807) is 36.4 Å². The molecule has 2 aromatic carbocycles. The van der Waals surface area contributed by atoms with Crippen LogP contribution in [0.3, 0.4) is 0 Å². The Balaban J connectivity index is 1.60. The van der Waals surface area contributed by atoms with Gasteiger partial charge in [0, 0.05) is 36.3 Å². The lowest BCUT2D eigenvalue weighted by Gasteiger charge is -2.27. The third kappa shape index (κ3) is 3.77. The highest BCUT2D eigenvalue weighted by Crippen LogP contribution is 2.32. The molecule has 1 aliphatic rings. The number of carbonyl (C=O) groups excluding carboxylic acids is 1. The van der Waals surface area contributed by atoms with Crippen molar-refractivity contribution in [2.24, 2.45) is 11.5 Å². The molecular formula is C23H24N4O3. The predicted octanol–water partition coefficient (Wildman–Crippen LogP) is 2.79. The summed E-state index contributed by atoms with van der Waals surface area (Å²) in [5.41, 5.74) is 15.4. The molecule has 0 bridgehead atoms. The van der Waals surface area contributed by atoms with Gasteiger partial charge < -0.3 is 21.1 Å². The van der Waals surface area contributed by atoms with Crippen LogP contribution in [0.15, 0.2) is 54.7 Å². The number of hydrogen-bond donors (Lipinski definition) is 3. The molecule has 154 valence electrons. The Morgan fingerprint density at radius 1 is 1.10 bits per heavy atom. The first kappa shape index (κ1) is 20.0. The maximum atomic E-state index is 13.0. The van der Waals surface area contributed by atoms with Crippen LogP contribution in [0.5, 0.6) is 0 Å². The number of Topliss-reactive ketones (excluding diaryl/α,β-unsaturated/α-hetero) is 1. The van der Waals surface area contributed by atoms with Crippen LogP contribution in [-0.4, -0.2) is 32.5 Å².